The summed E-state index contributed by atoms with van der Waals surface area (Å²) in [4.78, 5) is 15.0. The standard InChI is InChI=1S/C39H26N4/c1-3-15-27(16-4-1)37-40-38(28-17-5-2-6-18-28)42-39(41-37)33-23-8-7-19-29(33)30-20-9-12-24-34(30)43-35-25-13-10-21-31(35)32-22-11-14-26-36(32)43/h1-26H. The molecule has 8 aromatic rings. The van der Waals surface area contributed by atoms with E-state index in [1.807, 2.05) is 60.7 Å². The molecule has 0 aliphatic rings. The summed E-state index contributed by atoms with van der Waals surface area (Å²) in [6.45, 7) is 0. The molecule has 0 bridgehead atoms. The normalized spacial score (nSPS) is 11.3. The van der Waals surface area contributed by atoms with Gasteiger partial charge < -0.3 is 4.57 Å². The van der Waals surface area contributed by atoms with Crippen LogP contribution in [-0.4, -0.2) is 19.5 Å². The van der Waals surface area contributed by atoms with Crippen molar-refractivity contribution in [2.24, 2.45) is 0 Å². The minimum Gasteiger partial charge on any atom is -0.309 e. The Morgan fingerprint density at radius 2 is 0.744 bits per heavy atom. The number of aromatic nitrogens is 4. The van der Waals surface area contributed by atoms with E-state index in [2.05, 4.69) is 102 Å². The largest absolute Gasteiger partial charge is 0.309 e. The molecule has 4 nitrogen and oxygen atoms in total. The van der Waals surface area contributed by atoms with Gasteiger partial charge in [-0.3, -0.25) is 0 Å². The molecule has 0 aliphatic heterocycles. The average molecular weight is 551 g/mol. The summed E-state index contributed by atoms with van der Waals surface area (Å²) < 4.78 is 2.37. The molecule has 6 aromatic carbocycles. The molecule has 43 heavy (non-hydrogen) atoms. The molecule has 0 saturated carbocycles. The minimum atomic E-state index is 0.639. The second-order valence-electron chi connectivity index (χ2n) is 10.5. The van der Waals surface area contributed by atoms with Crippen molar-refractivity contribution in [3.05, 3.63) is 158 Å². The number of rotatable bonds is 5. The lowest BCUT2D eigenvalue weighted by atomic mass is 9.97. The van der Waals surface area contributed by atoms with Gasteiger partial charge in [0.05, 0.1) is 16.7 Å². The summed E-state index contributed by atoms with van der Waals surface area (Å²) >= 11 is 0. The number of nitrogens with zero attached hydrogens (tertiary/aromatic N) is 4. The van der Waals surface area contributed by atoms with Gasteiger partial charge in [0.15, 0.2) is 17.5 Å². The summed E-state index contributed by atoms with van der Waals surface area (Å²) in [5.41, 5.74) is 8.47. The van der Waals surface area contributed by atoms with Crippen molar-refractivity contribution in [1.29, 1.82) is 0 Å². The summed E-state index contributed by atoms with van der Waals surface area (Å²) in [6, 6.07) is 54.4. The third-order valence-electron chi connectivity index (χ3n) is 7.88. The van der Waals surface area contributed by atoms with E-state index >= 15 is 0 Å². The number of para-hydroxylation sites is 3. The number of hydrogen-bond acceptors (Lipinski definition) is 3. The lowest BCUT2D eigenvalue weighted by Gasteiger charge is -2.17. The number of fused-ring (bicyclic) bond motifs is 3. The molecule has 0 N–H and O–H groups in total. The molecule has 0 aliphatic carbocycles. The highest BCUT2D eigenvalue weighted by atomic mass is 15.0. The van der Waals surface area contributed by atoms with Crippen LogP contribution in [0.25, 0.3) is 72.8 Å². The van der Waals surface area contributed by atoms with Crippen LogP contribution in [0.15, 0.2) is 158 Å². The molecule has 8 rings (SSSR count). The van der Waals surface area contributed by atoms with Crippen LogP contribution in [0.2, 0.25) is 0 Å². The van der Waals surface area contributed by atoms with Crippen LogP contribution >= 0.6 is 0 Å². The van der Waals surface area contributed by atoms with Crippen molar-refractivity contribution < 1.29 is 0 Å². The summed E-state index contributed by atoms with van der Waals surface area (Å²) in [5.74, 6) is 1.94. The Labute approximate surface area is 249 Å². The smallest absolute Gasteiger partial charge is 0.164 e. The van der Waals surface area contributed by atoms with Gasteiger partial charge in [0.25, 0.3) is 0 Å². The zero-order valence-electron chi connectivity index (χ0n) is 23.3. The highest BCUT2D eigenvalue weighted by Gasteiger charge is 2.19. The van der Waals surface area contributed by atoms with E-state index in [1.54, 1.807) is 0 Å². The van der Waals surface area contributed by atoms with E-state index in [-0.39, 0.29) is 0 Å². The van der Waals surface area contributed by atoms with E-state index in [0.717, 1.165) is 33.5 Å². The highest BCUT2D eigenvalue weighted by molar-refractivity contribution is 6.09. The lowest BCUT2D eigenvalue weighted by Crippen LogP contribution is -2.02. The quantitative estimate of drug-likeness (QED) is 0.214. The van der Waals surface area contributed by atoms with Gasteiger partial charge in [-0.1, -0.05) is 140 Å². The van der Waals surface area contributed by atoms with Crippen LogP contribution in [0.4, 0.5) is 0 Å². The van der Waals surface area contributed by atoms with Gasteiger partial charge in [-0.2, -0.15) is 0 Å². The van der Waals surface area contributed by atoms with Crippen LogP contribution in [0.1, 0.15) is 0 Å². The van der Waals surface area contributed by atoms with Gasteiger partial charge in [0, 0.05) is 33.0 Å². The van der Waals surface area contributed by atoms with E-state index in [4.69, 9.17) is 15.0 Å². The van der Waals surface area contributed by atoms with Crippen LogP contribution in [0.5, 0.6) is 0 Å². The molecule has 0 spiro atoms. The van der Waals surface area contributed by atoms with E-state index < -0.39 is 0 Å². The summed E-state index contributed by atoms with van der Waals surface area (Å²) in [5, 5.41) is 2.47. The van der Waals surface area contributed by atoms with Gasteiger partial charge in [-0.15, -0.1) is 0 Å². The van der Waals surface area contributed by atoms with E-state index in [1.165, 1.54) is 21.8 Å². The molecule has 4 heteroatoms. The minimum absolute atomic E-state index is 0.639. The molecule has 0 amide bonds. The van der Waals surface area contributed by atoms with Crippen LogP contribution in [-0.2, 0) is 0 Å². The van der Waals surface area contributed by atoms with E-state index in [9.17, 15) is 0 Å². The SMILES string of the molecule is c1ccc(-c2nc(-c3ccccc3)nc(-c3ccccc3-c3ccccc3-n3c4ccccc4c4ccccc43)n2)cc1. The maximum absolute atomic E-state index is 5.05. The Morgan fingerprint density at radius 3 is 1.33 bits per heavy atom. The molecular weight excluding hydrogens is 524 g/mol. The predicted octanol–water partition coefficient (Wildman–Crippen LogP) is 9.64. The third-order valence-corrected chi connectivity index (χ3v) is 7.88. The fraction of sp³-hybridized carbons (Fsp3) is 0. The van der Waals surface area contributed by atoms with Crippen LogP contribution < -0.4 is 0 Å². The zero-order chi connectivity index (χ0) is 28.6. The molecular formula is C39H26N4. The molecule has 0 atom stereocenters. The molecule has 0 unspecified atom stereocenters. The zero-order valence-corrected chi connectivity index (χ0v) is 23.3. The van der Waals surface area contributed by atoms with Crippen molar-refractivity contribution in [2.75, 3.05) is 0 Å². The van der Waals surface area contributed by atoms with Gasteiger partial charge in [0.2, 0.25) is 0 Å². The Hall–Kier alpha value is -5.87. The first-order valence-corrected chi connectivity index (χ1v) is 14.4. The molecule has 2 aromatic heterocycles. The molecule has 202 valence electrons. The molecule has 2 heterocycles. The predicted molar refractivity (Wildman–Crippen MR) is 176 cm³/mol. The molecule has 0 saturated heterocycles. The van der Waals surface area contributed by atoms with Crippen LogP contribution in [0.3, 0.4) is 0 Å². The molecule has 0 radical (unpaired) electrons. The second-order valence-corrected chi connectivity index (χ2v) is 10.5. The highest BCUT2D eigenvalue weighted by Crippen LogP contribution is 2.39. The van der Waals surface area contributed by atoms with E-state index in [0.29, 0.717) is 17.5 Å². The first-order valence-electron chi connectivity index (χ1n) is 14.4. The van der Waals surface area contributed by atoms with Gasteiger partial charge in [0.1, 0.15) is 0 Å². The Morgan fingerprint density at radius 1 is 0.326 bits per heavy atom. The number of benzene rings is 6. The monoisotopic (exact) mass is 550 g/mol. The second kappa shape index (κ2) is 10.5. The van der Waals surface area contributed by atoms with Gasteiger partial charge in [-0.25, -0.2) is 15.0 Å². The third kappa shape index (κ3) is 4.37. The first-order chi connectivity index (χ1) is 21.3. The fourth-order valence-electron chi connectivity index (χ4n) is 5.92. The van der Waals surface area contributed by atoms with Crippen molar-refractivity contribution in [1.82, 2.24) is 19.5 Å². The summed E-state index contributed by atoms with van der Waals surface area (Å²) in [7, 11) is 0. The Balaban J connectivity index is 1.38. The Bertz CT molecular complexity index is 2120. The average Bonchev–Trinajstić information content (AvgIpc) is 3.43. The van der Waals surface area contributed by atoms with Crippen molar-refractivity contribution in [2.45, 2.75) is 0 Å². The fourth-order valence-corrected chi connectivity index (χ4v) is 5.92. The van der Waals surface area contributed by atoms with Crippen molar-refractivity contribution >= 4 is 21.8 Å². The molecule has 0 fully saturated rings. The van der Waals surface area contributed by atoms with Crippen LogP contribution in [0, 0.1) is 0 Å². The topological polar surface area (TPSA) is 43.6 Å². The van der Waals surface area contributed by atoms with Gasteiger partial charge >= 0.3 is 0 Å². The number of hydrogen-bond donors (Lipinski definition) is 0. The Kier molecular flexibility index (Phi) is 6.08. The van der Waals surface area contributed by atoms with Crippen molar-refractivity contribution in [3.8, 4) is 51.0 Å². The summed E-state index contributed by atoms with van der Waals surface area (Å²) in [6.07, 6.45) is 0. The van der Waals surface area contributed by atoms with Crippen molar-refractivity contribution in [3.63, 3.8) is 0 Å². The van der Waals surface area contributed by atoms with Gasteiger partial charge in [-0.05, 0) is 23.8 Å². The maximum Gasteiger partial charge on any atom is 0.164 e. The maximum atomic E-state index is 5.05. The first kappa shape index (κ1) is 24.9. The lowest BCUT2D eigenvalue weighted by molar-refractivity contribution is 1.07.